The van der Waals surface area contributed by atoms with E-state index in [0.717, 1.165) is 15.6 Å². The lowest BCUT2D eigenvalue weighted by Crippen LogP contribution is -2.28. The van der Waals surface area contributed by atoms with E-state index in [4.69, 9.17) is 0 Å². The summed E-state index contributed by atoms with van der Waals surface area (Å²) in [6, 6.07) is -0.412. The molecule has 2 aromatic rings. The van der Waals surface area contributed by atoms with Crippen LogP contribution in [0.1, 0.15) is 39.8 Å². The van der Waals surface area contributed by atoms with Crippen LogP contribution in [0.3, 0.4) is 0 Å². The van der Waals surface area contributed by atoms with Gasteiger partial charge in [-0.2, -0.15) is 5.10 Å². The summed E-state index contributed by atoms with van der Waals surface area (Å²) in [6.45, 7) is 6.77. The van der Waals surface area contributed by atoms with Gasteiger partial charge in [-0.3, -0.25) is 5.10 Å². The van der Waals surface area contributed by atoms with Gasteiger partial charge in [0.1, 0.15) is 0 Å². The van der Waals surface area contributed by atoms with E-state index in [0.29, 0.717) is 5.69 Å². The van der Waals surface area contributed by atoms with Gasteiger partial charge in [-0.05, 0) is 27.7 Å². The molecule has 116 valence electrons. The summed E-state index contributed by atoms with van der Waals surface area (Å²) < 4.78 is 27.4. The lowest BCUT2D eigenvalue weighted by atomic mass is 10.2. The third kappa shape index (κ3) is 3.15. The minimum absolute atomic E-state index is 0.159. The standard InChI is InChI=1S/C12H18N4O3S2/c1-6-10(5-17)12(15-14-6)21(18,19)16-8(3)11-7(2)13-9(4)20-11/h8,16-17H,5H2,1-4H3,(H,14,15). The zero-order valence-electron chi connectivity index (χ0n) is 12.3. The van der Waals surface area contributed by atoms with Gasteiger partial charge in [-0.15, -0.1) is 11.3 Å². The molecule has 0 bridgehead atoms. The average Bonchev–Trinajstić information content (AvgIpc) is 2.91. The Morgan fingerprint density at radius 1 is 1.38 bits per heavy atom. The number of hydrogen-bond donors (Lipinski definition) is 3. The molecule has 1 atom stereocenters. The molecule has 0 aliphatic heterocycles. The van der Waals surface area contributed by atoms with E-state index in [9.17, 15) is 13.5 Å². The Bertz CT molecular complexity index is 749. The van der Waals surface area contributed by atoms with Crippen LogP contribution in [0.15, 0.2) is 5.03 Å². The smallest absolute Gasteiger partial charge is 0.260 e. The van der Waals surface area contributed by atoms with Crippen molar-refractivity contribution < 1.29 is 13.5 Å². The summed E-state index contributed by atoms with van der Waals surface area (Å²) in [5.41, 5.74) is 1.63. The van der Waals surface area contributed by atoms with Crippen molar-refractivity contribution in [3.8, 4) is 0 Å². The highest BCUT2D eigenvalue weighted by molar-refractivity contribution is 7.89. The summed E-state index contributed by atoms with van der Waals surface area (Å²) in [6.07, 6.45) is 0. The maximum atomic E-state index is 12.4. The molecule has 0 spiro atoms. The number of nitrogens with one attached hydrogen (secondary N) is 2. The number of hydrogen-bond acceptors (Lipinski definition) is 6. The number of aromatic amines is 1. The second-order valence-corrected chi connectivity index (χ2v) is 7.68. The number of H-pyrrole nitrogens is 1. The minimum Gasteiger partial charge on any atom is -0.392 e. The molecule has 0 radical (unpaired) electrons. The number of aliphatic hydroxyl groups is 1. The molecular formula is C12H18N4O3S2. The molecule has 9 heteroatoms. The molecule has 2 rings (SSSR count). The monoisotopic (exact) mass is 330 g/mol. The fourth-order valence-electron chi connectivity index (χ4n) is 2.13. The Labute approximate surface area is 127 Å². The quantitative estimate of drug-likeness (QED) is 0.766. The molecule has 7 nitrogen and oxygen atoms in total. The summed E-state index contributed by atoms with van der Waals surface area (Å²) in [5, 5.41) is 16.4. The van der Waals surface area contributed by atoms with Gasteiger partial charge < -0.3 is 5.11 Å². The molecule has 2 heterocycles. The Morgan fingerprint density at radius 3 is 2.57 bits per heavy atom. The normalized spacial score (nSPS) is 13.6. The van der Waals surface area contributed by atoms with E-state index in [1.807, 2.05) is 13.8 Å². The third-order valence-electron chi connectivity index (χ3n) is 3.11. The van der Waals surface area contributed by atoms with Crippen molar-refractivity contribution in [2.45, 2.75) is 45.4 Å². The average molecular weight is 330 g/mol. The maximum Gasteiger partial charge on any atom is 0.260 e. The van der Waals surface area contributed by atoms with Gasteiger partial charge in [0.2, 0.25) is 0 Å². The topological polar surface area (TPSA) is 108 Å². The predicted molar refractivity (Wildman–Crippen MR) is 79.6 cm³/mol. The van der Waals surface area contributed by atoms with Gasteiger partial charge in [-0.1, -0.05) is 0 Å². The van der Waals surface area contributed by atoms with Crippen molar-refractivity contribution in [1.29, 1.82) is 0 Å². The molecule has 2 aromatic heterocycles. The summed E-state index contributed by atoms with van der Waals surface area (Å²) in [7, 11) is -3.81. The van der Waals surface area contributed by atoms with Crippen LogP contribution in [0, 0.1) is 20.8 Å². The van der Waals surface area contributed by atoms with Crippen LogP contribution < -0.4 is 4.72 Å². The van der Waals surface area contributed by atoms with Crippen LogP contribution >= 0.6 is 11.3 Å². The third-order valence-corrected chi connectivity index (χ3v) is 5.88. The van der Waals surface area contributed by atoms with Crippen molar-refractivity contribution in [3.05, 3.63) is 26.8 Å². The zero-order chi connectivity index (χ0) is 15.8. The largest absolute Gasteiger partial charge is 0.392 e. The second kappa shape index (κ2) is 5.84. The first-order valence-corrected chi connectivity index (χ1v) is 8.67. The number of thiazole rings is 1. The molecule has 0 aliphatic carbocycles. The van der Waals surface area contributed by atoms with Crippen molar-refractivity contribution in [1.82, 2.24) is 19.9 Å². The number of aromatic nitrogens is 3. The first-order valence-electron chi connectivity index (χ1n) is 6.37. The van der Waals surface area contributed by atoms with Gasteiger partial charge in [0.15, 0.2) is 5.03 Å². The number of rotatable bonds is 5. The van der Waals surface area contributed by atoms with Gasteiger partial charge in [0.05, 0.1) is 23.4 Å². The first-order chi connectivity index (χ1) is 9.76. The van der Waals surface area contributed by atoms with E-state index in [1.165, 1.54) is 11.3 Å². The lowest BCUT2D eigenvalue weighted by molar-refractivity contribution is 0.277. The second-order valence-electron chi connectivity index (χ2n) is 4.82. The first kappa shape index (κ1) is 16.1. The molecule has 0 aromatic carbocycles. The predicted octanol–water partition coefficient (Wildman–Crippen LogP) is 1.32. The van der Waals surface area contributed by atoms with Gasteiger partial charge >= 0.3 is 0 Å². The number of aryl methyl sites for hydroxylation is 3. The van der Waals surface area contributed by atoms with E-state index in [2.05, 4.69) is 19.9 Å². The molecule has 0 saturated carbocycles. The van der Waals surface area contributed by atoms with Crippen LogP contribution in [0.5, 0.6) is 0 Å². The van der Waals surface area contributed by atoms with Crippen LogP contribution in [0.4, 0.5) is 0 Å². The minimum atomic E-state index is -3.81. The van der Waals surface area contributed by atoms with Gasteiger partial charge in [0.25, 0.3) is 10.0 Å². The molecule has 0 saturated heterocycles. The highest BCUT2D eigenvalue weighted by Gasteiger charge is 2.26. The highest BCUT2D eigenvalue weighted by atomic mass is 32.2. The molecule has 0 amide bonds. The Balaban J connectivity index is 2.31. The SMILES string of the molecule is Cc1nc(C)c(C(C)NS(=O)(=O)c2n[nH]c(C)c2CO)s1. The Hall–Kier alpha value is -1.29. The summed E-state index contributed by atoms with van der Waals surface area (Å²) in [5.74, 6) is 0. The van der Waals surface area contributed by atoms with Crippen LogP contribution in [0.2, 0.25) is 0 Å². The number of sulfonamides is 1. The molecule has 0 aliphatic rings. The molecule has 3 N–H and O–H groups in total. The van der Waals surface area contributed by atoms with Crippen molar-refractivity contribution in [3.63, 3.8) is 0 Å². The van der Waals surface area contributed by atoms with Gasteiger partial charge in [-0.25, -0.2) is 18.1 Å². The maximum absolute atomic E-state index is 12.4. The lowest BCUT2D eigenvalue weighted by Gasteiger charge is -2.12. The summed E-state index contributed by atoms with van der Waals surface area (Å²) in [4.78, 5) is 5.16. The van der Waals surface area contributed by atoms with Crippen LogP contribution in [-0.4, -0.2) is 28.7 Å². The van der Waals surface area contributed by atoms with E-state index in [1.54, 1.807) is 13.8 Å². The zero-order valence-corrected chi connectivity index (χ0v) is 13.9. The van der Waals surface area contributed by atoms with Crippen LogP contribution in [0.25, 0.3) is 0 Å². The van der Waals surface area contributed by atoms with Crippen LogP contribution in [-0.2, 0) is 16.6 Å². The number of aliphatic hydroxyl groups excluding tert-OH is 1. The van der Waals surface area contributed by atoms with E-state index in [-0.39, 0.29) is 17.2 Å². The van der Waals surface area contributed by atoms with Crippen molar-refractivity contribution in [2.75, 3.05) is 0 Å². The Morgan fingerprint density at radius 2 is 2.05 bits per heavy atom. The summed E-state index contributed by atoms with van der Waals surface area (Å²) >= 11 is 1.46. The molecule has 0 fully saturated rings. The van der Waals surface area contributed by atoms with Crippen molar-refractivity contribution >= 4 is 21.4 Å². The Kier molecular flexibility index (Phi) is 4.47. The fourth-order valence-corrected chi connectivity index (χ4v) is 4.54. The fraction of sp³-hybridized carbons (Fsp3) is 0.500. The molecule has 21 heavy (non-hydrogen) atoms. The molecule has 1 unspecified atom stereocenters. The van der Waals surface area contributed by atoms with Crippen molar-refractivity contribution in [2.24, 2.45) is 0 Å². The van der Waals surface area contributed by atoms with Gasteiger partial charge in [0, 0.05) is 16.1 Å². The number of nitrogens with zero attached hydrogens (tertiary/aromatic N) is 2. The van der Waals surface area contributed by atoms with E-state index < -0.39 is 16.1 Å². The highest BCUT2D eigenvalue weighted by Crippen LogP contribution is 2.26. The molecular weight excluding hydrogens is 312 g/mol. The van der Waals surface area contributed by atoms with E-state index >= 15 is 0 Å².